The van der Waals surface area contributed by atoms with Gasteiger partial charge in [0.1, 0.15) is 6.07 Å². The Bertz CT molecular complexity index is 561. The maximum atomic E-state index is 9.14. The Morgan fingerprint density at radius 3 is 2.78 bits per heavy atom. The van der Waals surface area contributed by atoms with Gasteiger partial charge in [-0.15, -0.1) is 11.8 Å². The average Bonchev–Trinajstić information content (AvgIpc) is 2.45. The molecule has 0 N–H and O–H groups in total. The van der Waals surface area contributed by atoms with Gasteiger partial charge >= 0.3 is 0 Å². The molecule has 2 heterocycles. The van der Waals surface area contributed by atoms with E-state index in [-0.39, 0.29) is 0 Å². The van der Waals surface area contributed by atoms with Crippen molar-refractivity contribution < 1.29 is 0 Å². The predicted octanol–water partition coefficient (Wildman–Crippen LogP) is 3.52. The minimum absolute atomic E-state index is 0.483. The number of nitriles is 1. The highest BCUT2D eigenvalue weighted by molar-refractivity contribution is 7.99. The Labute approximate surface area is 111 Å². The van der Waals surface area contributed by atoms with Crippen molar-refractivity contribution in [3.05, 3.63) is 42.4 Å². The first-order valence-corrected chi connectivity index (χ1v) is 6.78. The van der Waals surface area contributed by atoms with E-state index in [0.717, 1.165) is 28.3 Å². The molecule has 0 saturated heterocycles. The van der Waals surface area contributed by atoms with E-state index in [1.54, 1.807) is 24.2 Å². The molecule has 0 aliphatic carbocycles. The molecule has 0 fully saturated rings. The Kier molecular flexibility index (Phi) is 4.32. The molecule has 0 atom stereocenters. The molecule has 4 heteroatoms. The average molecular weight is 255 g/mol. The van der Waals surface area contributed by atoms with Gasteiger partial charge in [-0.1, -0.05) is 13.0 Å². The fraction of sp³-hybridized carbons (Fsp3) is 0.214. The molecule has 0 aliphatic heterocycles. The van der Waals surface area contributed by atoms with Gasteiger partial charge in [-0.3, -0.25) is 4.98 Å². The highest BCUT2D eigenvalue weighted by atomic mass is 32.2. The standard InChI is InChI=1S/C14H13N3S/c1-2-9-18-14-11(6-8-17-13(14)10-15)12-5-3-4-7-16-12/h3-8H,2,9H2,1H3. The molecule has 2 rings (SSSR count). The number of thioether (sulfide) groups is 1. The van der Waals surface area contributed by atoms with Crippen LogP contribution >= 0.6 is 11.8 Å². The molecule has 0 spiro atoms. The second-order valence-electron chi connectivity index (χ2n) is 3.71. The summed E-state index contributed by atoms with van der Waals surface area (Å²) in [5.74, 6) is 0.972. The van der Waals surface area contributed by atoms with Gasteiger partial charge in [-0.25, -0.2) is 4.98 Å². The molecule has 90 valence electrons. The maximum absolute atomic E-state index is 9.14. The zero-order valence-electron chi connectivity index (χ0n) is 10.1. The van der Waals surface area contributed by atoms with Crippen molar-refractivity contribution in [1.82, 2.24) is 9.97 Å². The third-order valence-corrected chi connectivity index (χ3v) is 3.72. The first-order chi connectivity index (χ1) is 8.86. The van der Waals surface area contributed by atoms with Gasteiger partial charge in [0.25, 0.3) is 0 Å². The molecule has 0 aromatic carbocycles. The molecule has 2 aromatic heterocycles. The summed E-state index contributed by atoms with van der Waals surface area (Å²) in [5, 5.41) is 9.14. The monoisotopic (exact) mass is 255 g/mol. The lowest BCUT2D eigenvalue weighted by atomic mass is 10.1. The van der Waals surface area contributed by atoms with Gasteiger partial charge in [-0.05, 0) is 30.4 Å². The fourth-order valence-electron chi connectivity index (χ4n) is 1.60. The molecule has 0 aliphatic rings. The van der Waals surface area contributed by atoms with Crippen LogP contribution < -0.4 is 0 Å². The molecular weight excluding hydrogens is 242 g/mol. The van der Waals surface area contributed by atoms with E-state index in [9.17, 15) is 0 Å². The topological polar surface area (TPSA) is 49.6 Å². The van der Waals surface area contributed by atoms with Crippen LogP contribution in [-0.2, 0) is 0 Å². The number of hydrogen-bond donors (Lipinski definition) is 0. The van der Waals surface area contributed by atoms with E-state index in [0.29, 0.717) is 5.69 Å². The van der Waals surface area contributed by atoms with E-state index in [1.165, 1.54) is 0 Å². The highest BCUT2D eigenvalue weighted by Gasteiger charge is 2.12. The molecule has 0 bridgehead atoms. The van der Waals surface area contributed by atoms with Gasteiger partial charge in [0.05, 0.1) is 10.6 Å². The smallest absolute Gasteiger partial charge is 0.154 e. The summed E-state index contributed by atoms with van der Waals surface area (Å²) in [6.45, 7) is 2.12. The van der Waals surface area contributed by atoms with Crippen LogP contribution in [0.25, 0.3) is 11.3 Å². The zero-order valence-corrected chi connectivity index (χ0v) is 10.9. The predicted molar refractivity (Wildman–Crippen MR) is 73.2 cm³/mol. The van der Waals surface area contributed by atoms with Crippen LogP contribution in [0, 0.1) is 11.3 Å². The SMILES string of the molecule is CCCSc1c(-c2ccccn2)ccnc1C#N. The first kappa shape index (κ1) is 12.6. The first-order valence-electron chi connectivity index (χ1n) is 5.80. The van der Waals surface area contributed by atoms with Crippen LogP contribution in [-0.4, -0.2) is 15.7 Å². The normalized spacial score (nSPS) is 10.0. The molecule has 0 unspecified atom stereocenters. The third kappa shape index (κ3) is 2.69. The summed E-state index contributed by atoms with van der Waals surface area (Å²) in [6, 6.07) is 9.85. The zero-order chi connectivity index (χ0) is 12.8. The molecule has 0 amide bonds. The van der Waals surface area contributed by atoms with Crippen molar-refractivity contribution in [3.8, 4) is 17.3 Å². The Hall–Kier alpha value is -1.86. The lowest BCUT2D eigenvalue weighted by Crippen LogP contribution is -1.93. The number of hydrogen-bond acceptors (Lipinski definition) is 4. The second-order valence-corrected chi connectivity index (χ2v) is 4.82. The van der Waals surface area contributed by atoms with Crippen molar-refractivity contribution in [2.24, 2.45) is 0 Å². The summed E-state index contributed by atoms with van der Waals surface area (Å²) in [7, 11) is 0. The van der Waals surface area contributed by atoms with Gasteiger partial charge in [0.15, 0.2) is 5.69 Å². The largest absolute Gasteiger partial charge is 0.256 e. The highest BCUT2D eigenvalue weighted by Crippen LogP contribution is 2.32. The van der Waals surface area contributed by atoms with Crippen LogP contribution in [0.4, 0.5) is 0 Å². The Morgan fingerprint density at radius 2 is 2.11 bits per heavy atom. The van der Waals surface area contributed by atoms with E-state index < -0.39 is 0 Å². The molecule has 18 heavy (non-hydrogen) atoms. The van der Waals surface area contributed by atoms with Crippen LogP contribution in [0.5, 0.6) is 0 Å². The number of pyridine rings is 2. The van der Waals surface area contributed by atoms with Gasteiger partial charge < -0.3 is 0 Å². The summed E-state index contributed by atoms with van der Waals surface area (Å²) >= 11 is 1.67. The molecule has 0 saturated carbocycles. The second kappa shape index (κ2) is 6.18. The van der Waals surface area contributed by atoms with Gasteiger partial charge in [0, 0.05) is 18.0 Å². The molecule has 2 aromatic rings. The van der Waals surface area contributed by atoms with Crippen molar-refractivity contribution in [2.75, 3.05) is 5.75 Å². The van der Waals surface area contributed by atoms with Gasteiger partial charge in [-0.2, -0.15) is 5.26 Å². The minimum atomic E-state index is 0.483. The van der Waals surface area contributed by atoms with E-state index >= 15 is 0 Å². The molecular formula is C14H13N3S. The Balaban J connectivity index is 2.50. The maximum Gasteiger partial charge on any atom is 0.154 e. The molecule has 3 nitrogen and oxygen atoms in total. The molecule has 0 radical (unpaired) electrons. The number of nitrogens with zero attached hydrogens (tertiary/aromatic N) is 3. The Morgan fingerprint density at radius 1 is 1.22 bits per heavy atom. The minimum Gasteiger partial charge on any atom is -0.256 e. The summed E-state index contributed by atoms with van der Waals surface area (Å²) in [4.78, 5) is 9.40. The van der Waals surface area contributed by atoms with Crippen molar-refractivity contribution >= 4 is 11.8 Å². The van der Waals surface area contributed by atoms with Crippen LogP contribution in [0.3, 0.4) is 0 Å². The van der Waals surface area contributed by atoms with Crippen molar-refractivity contribution in [1.29, 1.82) is 5.26 Å². The lowest BCUT2D eigenvalue weighted by molar-refractivity contribution is 1.10. The van der Waals surface area contributed by atoms with Crippen LogP contribution in [0.1, 0.15) is 19.0 Å². The van der Waals surface area contributed by atoms with Crippen molar-refractivity contribution in [2.45, 2.75) is 18.2 Å². The van der Waals surface area contributed by atoms with Gasteiger partial charge in [0.2, 0.25) is 0 Å². The van der Waals surface area contributed by atoms with Crippen molar-refractivity contribution in [3.63, 3.8) is 0 Å². The van der Waals surface area contributed by atoms with E-state index in [1.807, 2.05) is 24.3 Å². The number of aromatic nitrogens is 2. The summed E-state index contributed by atoms with van der Waals surface area (Å²) in [6.07, 6.45) is 4.49. The fourth-order valence-corrected chi connectivity index (χ4v) is 2.57. The van der Waals surface area contributed by atoms with E-state index in [4.69, 9.17) is 5.26 Å². The summed E-state index contributed by atoms with van der Waals surface area (Å²) in [5.41, 5.74) is 2.35. The van der Waals surface area contributed by atoms with E-state index in [2.05, 4.69) is 23.0 Å². The number of rotatable bonds is 4. The quantitative estimate of drug-likeness (QED) is 0.784. The van der Waals surface area contributed by atoms with Crippen LogP contribution in [0.15, 0.2) is 41.6 Å². The summed E-state index contributed by atoms with van der Waals surface area (Å²) < 4.78 is 0. The van der Waals surface area contributed by atoms with Crippen LogP contribution in [0.2, 0.25) is 0 Å². The third-order valence-electron chi connectivity index (χ3n) is 2.40. The lowest BCUT2D eigenvalue weighted by Gasteiger charge is -2.09.